The molecule has 1 aliphatic carbocycles. The molecule has 2 heterocycles. The van der Waals surface area contributed by atoms with E-state index >= 15 is 0 Å². The molecule has 4 nitrogen and oxygen atoms in total. The maximum Gasteiger partial charge on any atom is 0.164 e. The number of hydrogen-bond donors (Lipinski definition) is 0. The van der Waals surface area contributed by atoms with Crippen LogP contribution < -0.4 is 0 Å². The molecule has 0 N–H and O–H groups in total. The summed E-state index contributed by atoms with van der Waals surface area (Å²) in [6.45, 7) is 0. The zero-order chi connectivity index (χ0) is 41.0. The van der Waals surface area contributed by atoms with Gasteiger partial charge in [-0.1, -0.05) is 182 Å². The van der Waals surface area contributed by atoms with E-state index in [1.54, 1.807) is 0 Å². The minimum atomic E-state index is -0.537. The van der Waals surface area contributed by atoms with E-state index < -0.39 is 5.41 Å². The number of furan rings is 1. The highest BCUT2D eigenvalue weighted by Crippen LogP contribution is 2.58. The van der Waals surface area contributed by atoms with E-state index in [1.807, 2.05) is 60.7 Å². The average Bonchev–Trinajstić information content (AvgIpc) is 3.87. The van der Waals surface area contributed by atoms with Crippen molar-refractivity contribution in [2.24, 2.45) is 0 Å². The second-order valence-electron chi connectivity index (χ2n) is 15.9. The molecule has 0 spiro atoms. The molecular weight excluding hydrogens is 755 g/mol. The molecule has 0 saturated carbocycles. The lowest BCUT2D eigenvalue weighted by Gasteiger charge is -2.34. The normalized spacial score (nSPS) is 12.6. The Morgan fingerprint density at radius 2 is 0.806 bits per heavy atom. The fourth-order valence-corrected chi connectivity index (χ4v) is 9.62. The monoisotopic (exact) mass is 791 g/mol. The summed E-state index contributed by atoms with van der Waals surface area (Å²) in [5.74, 6) is 1.82. The van der Waals surface area contributed by atoms with Gasteiger partial charge in [-0.3, -0.25) is 0 Å². The smallest absolute Gasteiger partial charge is 0.164 e. The molecular formula is C58H37N3O. The molecule has 0 unspecified atom stereocenters. The number of nitrogens with zero attached hydrogens (tertiary/aromatic N) is 3. The van der Waals surface area contributed by atoms with E-state index in [4.69, 9.17) is 19.4 Å². The lowest BCUT2D eigenvalue weighted by molar-refractivity contribution is 0.669. The quantitative estimate of drug-likeness (QED) is 0.161. The van der Waals surface area contributed by atoms with Gasteiger partial charge >= 0.3 is 0 Å². The Hall–Kier alpha value is -8.21. The first-order valence-corrected chi connectivity index (χ1v) is 21.0. The van der Waals surface area contributed by atoms with Gasteiger partial charge in [-0.25, -0.2) is 15.0 Å². The topological polar surface area (TPSA) is 51.8 Å². The summed E-state index contributed by atoms with van der Waals surface area (Å²) < 4.78 is 6.18. The van der Waals surface area contributed by atoms with Gasteiger partial charge < -0.3 is 4.42 Å². The standard InChI is InChI=1S/C58H37N3O/c1-5-18-38(19-6-1)47-36-49-45-28-13-15-30-51(45)58(43-24-9-3-10-25-43,44-26-11-4-12-27-44)52(49)37-48(47)40-22-17-23-41(34-40)56-59-55(39-20-7-2-8-21-39)60-57(61-56)42-32-33-54-50(35-42)46-29-14-16-31-53(46)62-54/h1-37H. The van der Waals surface area contributed by atoms with Gasteiger partial charge in [0, 0.05) is 27.5 Å². The van der Waals surface area contributed by atoms with Gasteiger partial charge in [-0.05, 0) is 98.1 Å². The predicted octanol–water partition coefficient (Wildman–Crippen LogP) is 14.5. The van der Waals surface area contributed by atoms with Crippen LogP contribution in [0.4, 0.5) is 0 Å². The third-order valence-electron chi connectivity index (χ3n) is 12.4. The first kappa shape index (κ1) is 35.7. The van der Waals surface area contributed by atoms with E-state index in [1.165, 1.54) is 33.4 Å². The molecule has 62 heavy (non-hydrogen) atoms. The molecule has 0 saturated heterocycles. The summed E-state index contributed by atoms with van der Waals surface area (Å²) in [6.07, 6.45) is 0. The summed E-state index contributed by atoms with van der Waals surface area (Å²) in [7, 11) is 0. The van der Waals surface area contributed by atoms with Gasteiger partial charge in [-0.2, -0.15) is 0 Å². The zero-order valence-corrected chi connectivity index (χ0v) is 33.6. The molecule has 1 aliphatic rings. The fraction of sp³-hybridized carbons (Fsp3) is 0.0172. The van der Waals surface area contributed by atoms with Crippen LogP contribution in [-0.2, 0) is 5.41 Å². The van der Waals surface area contributed by atoms with Gasteiger partial charge in [0.25, 0.3) is 0 Å². The Balaban J connectivity index is 1.08. The van der Waals surface area contributed by atoms with Gasteiger partial charge in [0.1, 0.15) is 11.2 Å². The molecule has 0 atom stereocenters. The Morgan fingerprint density at radius 3 is 1.52 bits per heavy atom. The molecule has 0 bridgehead atoms. The van der Waals surface area contributed by atoms with E-state index in [-0.39, 0.29) is 0 Å². The van der Waals surface area contributed by atoms with Gasteiger partial charge in [0.2, 0.25) is 0 Å². The number of rotatable bonds is 7. The third kappa shape index (κ3) is 5.72. The number of para-hydroxylation sites is 1. The van der Waals surface area contributed by atoms with Crippen molar-refractivity contribution in [1.29, 1.82) is 0 Å². The van der Waals surface area contributed by atoms with E-state index in [9.17, 15) is 0 Å². The van der Waals surface area contributed by atoms with Gasteiger partial charge in [0.15, 0.2) is 17.5 Å². The zero-order valence-electron chi connectivity index (χ0n) is 33.6. The summed E-state index contributed by atoms with van der Waals surface area (Å²) in [6, 6.07) is 79.6. The maximum absolute atomic E-state index is 6.18. The minimum Gasteiger partial charge on any atom is -0.456 e. The summed E-state index contributed by atoms with van der Waals surface area (Å²) >= 11 is 0. The SMILES string of the molecule is c1ccc(-c2nc(-c3cccc(-c4cc5c(cc4-c4ccccc4)-c4ccccc4C5(c4ccccc4)c4ccccc4)c3)nc(-c3ccc4oc5ccccc5c4c3)n2)cc1. The van der Waals surface area contributed by atoms with Gasteiger partial charge in [0.05, 0.1) is 5.41 Å². The molecule has 290 valence electrons. The van der Waals surface area contributed by atoms with Crippen LogP contribution in [-0.4, -0.2) is 15.0 Å². The molecule has 0 fully saturated rings. The van der Waals surface area contributed by atoms with Crippen molar-refractivity contribution < 1.29 is 4.42 Å². The Labute approximate surface area is 359 Å². The average molecular weight is 792 g/mol. The van der Waals surface area contributed by atoms with Crippen LogP contribution in [0.5, 0.6) is 0 Å². The Kier molecular flexibility index (Phi) is 8.36. The van der Waals surface area contributed by atoms with E-state index in [0.717, 1.165) is 60.9 Å². The van der Waals surface area contributed by atoms with Crippen molar-refractivity contribution in [2.75, 3.05) is 0 Å². The first-order valence-electron chi connectivity index (χ1n) is 21.0. The second kappa shape index (κ2) is 14.5. The largest absolute Gasteiger partial charge is 0.456 e. The van der Waals surface area contributed by atoms with Gasteiger partial charge in [-0.15, -0.1) is 0 Å². The highest BCUT2D eigenvalue weighted by atomic mass is 16.3. The molecule has 0 aliphatic heterocycles. The summed E-state index contributed by atoms with van der Waals surface area (Å²) in [5, 5.41) is 2.09. The third-order valence-corrected chi connectivity index (χ3v) is 12.4. The number of benzene rings is 9. The highest BCUT2D eigenvalue weighted by molar-refractivity contribution is 6.06. The Bertz CT molecular complexity index is 3410. The highest BCUT2D eigenvalue weighted by Gasteiger charge is 2.46. The molecule has 0 radical (unpaired) electrons. The van der Waals surface area contributed by atoms with Crippen LogP contribution in [0.3, 0.4) is 0 Å². The number of fused-ring (bicyclic) bond motifs is 6. The van der Waals surface area contributed by atoms with E-state index in [0.29, 0.717) is 17.5 Å². The van der Waals surface area contributed by atoms with Crippen LogP contribution >= 0.6 is 0 Å². The van der Waals surface area contributed by atoms with Crippen LogP contribution in [0, 0.1) is 0 Å². The fourth-order valence-electron chi connectivity index (χ4n) is 9.62. The molecule has 4 heteroatoms. The lowest BCUT2D eigenvalue weighted by Crippen LogP contribution is -2.28. The first-order chi connectivity index (χ1) is 30.7. The van der Waals surface area contributed by atoms with Crippen molar-refractivity contribution in [3.05, 3.63) is 247 Å². The molecule has 9 aromatic carbocycles. The van der Waals surface area contributed by atoms with Crippen LogP contribution in [0.15, 0.2) is 229 Å². The van der Waals surface area contributed by atoms with Crippen molar-refractivity contribution >= 4 is 21.9 Å². The van der Waals surface area contributed by atoms with Crippen molar-refractivity contribution in [3.63, 3.8) is 0 Å². The van der Waals surface area contributed by atoms with Crippen molar-refractivity contribution in [2.45, 2.75) is 5.41 Å². The van der Waals surface area contributed by atoms with Crippen molar-refractivity contribution in [3.8, 4) is 67.5 Å². The molecule has 0 amide bonds. The van der Waals surface area contributed by atoms with Crippen LogP contribution in [0.1, 0.15) is 22.3 Å². The second-order valence-corrected chi connectivity index (χ2v) is 15.9. The Morgan fingerprint density at radius 1 is 0.290 bits per heavy atom. The number of aromatic nitrogens is 3. The summed E-state index contributed by atoms with van der Waals surface area (Å²) in [5.41, 5.74) is 15.9. The summed E-state index contributed by atoms with van der Waals surface area (Å²) in [4.78, 5) is 15.5. The van der Waals surface area contributed by atoms with E-state index in [2.05, 4.69) is 164 Å². The lowest BCUT2D eigenvalue weighted by atomic mass is 9.67. The predicted molar refractivity (Wildman–Crippen MR) is 252 cm³/mol. The minimum absolute atomic E-state index is 0.537. The molecule has 2 aromatic heterocycles. The maximum atomic E-state index is 6.18. The number of hydrogen-bond acceptors (Lipinski definition) is 4. The molecule has 12 rings (SSSR count). The molecule has 11 aromatic rings. The van der Waals surface area contributed by atoms with Crippen molar-refractivity contribution in [1.82, 2.24) is 15.0 Å². The van der Waals surface area contributed by atoms with Crippen LogP contribution in [0.25, 0.3) is 89.5 Å². The van der Waals surface area contributed by atoms with Crippen LogP contribution in [0.2, 0.25) is 0 Å².